The Morgan fingerprint density at radius 2 is 1.50 bits per heavy atom. The van der Waals surface area contributed by atoms with E-state index in [0.717, 1.165) is 32.1 Å². The minimum atomic E-state index is 0.471. The molecule has 22 heavy (non-hydrogen) atoms. The highest BCUT2D eigenvalue weighted by Crippen LogP contribution is 2.35. The average molecular weight is 328 g/mol. The summed E-state index contributed by atoms with van der Waals surface area (Å²) in [6.07, 6.45) is 1.78. The van der Waals surface area contributed by atoms with Crippen molar-refractivity contribution in [3.63, 3.8) is 0 Å². The quantitative estimate of drug-likeness (QED) is 0.322. The third kappa shape index (κ3) is 2.63. The number of rotatable bonds is 2. The molecular weight excluding hydrogens is 314 g/mol. The first kappa shape index (κ1) is 14.8. The molecule has 0 aliphatic heterocycles. The van der Waals surface area contributed by atoms with Crippen LogP contribution in [0, 0.1) is 0 Å². The first-order chi connectivity index (χ1) is 10.7. The van der Waals surface area contributed by atoms with Gasteiger partial charge in [0, 0.05) is 23.4 Å². The van der Waals surface area contributed by atoms with Crippen molar-refractivity contribution in [1.29, 1.82) is 0 Å². The van der Waals surface area contributed by atoms with Crippen molar-refractivity contribution in [2.24, 2.45) is 5.10 Å². The van der Waals surface area contributed by atoms with Crippen molar-refractivity contribution in [2.45, 2.75) is 0 Å². The van der Waals surface area contributed by atoms with Gasteiger partial charge in [0.25, 0.3) is 0 Å². The zero-order valence-electron chi connectivity index (χ0n) is 11.9. The lowest BCUT2D eigenvalue weighted by Crippen LogP contribution is -2.28. The van der Waals surface area contributed by atoms with Gasteiger partial charge in [-0.1, -0.05) is 60.1 Å². The number of hydrogen-bond donors (Lipinski definition) is 2. The molecule has 5 heteroatoms. The minimum absolute atomic E-state index is 0.471. The van der Waals surface area contributed by atoms with Crippen LogP contribution >= 0.6 is 23.8 Å². The van der Waals surface area contributed by atoms with E-state index in [1.807, 2.05) is 48.5 Å². The molecule has 0 saturated heterocycles. The molecule has 0 unspecified atom stereocenters. The van der Waals surface area contributed by atoms with Crippen molar-refractivity contribution < 1.29 is 0 Å². The summed E-state index contributed by atoms with van der Waals surface area (Å²) >= 11 is 11.6. The Labute approximate surface area is 139 Å². The third-order valence-electron chi connectivity index (χ3n) is 3.49. The van der Waals surface area contributed by atoms with Gasteiger partial charge < -0.3 is 5.32 Å². The number of thiocarbonyl (C=S) groups is 1. The van der Waals surface area contributed by atoms with Gasteiger partial charge in [0.05, 0.1) is 11.2 Å². The highest BCUT2D eigenvalue weighted by Gasteiger charge is 2.10. The Balaban J connectivity index is 2.25. The Bertz CT molecular complexity index is 833. The number of nitrogens with zero attached hydrogens (tertiary/aromatic N) is 1. The van der Waals surface area contributed by atoms with Crippen LogP contribution in [0.1, 0.15) is 5.56 Å². The van der Waals surface area contributed by atoms with Crippen LogP contribution in [0.4, 0.5) is 0 Å². The maximum absolute atomic E-state index is 6.56. The maximum atomic E-state index is 6.56. The van der Waals surface area contributed by atoms with E-state index in [4.69, 9.17) is 23.8 Å². The van der Waals surface area contributed by atoms with E-state index in [1.54, 1.807) is 13.3 Å². The van der Waals surface area contributed by atoms with Crippen molar-refractivity contribution in [3.8, 4) is 0 Å². The van der Waals surface area contributed by atoms with Crippen molar-refractivity contribution >= 4 is 56.7 Å². The highest BCUT2D eigenvalue weighted by atomic mass is 35.5. The monoisotopic (exact) mass is 327 g/mol. The summed E-state index contributed by atoms with van der Waals surface area (Å²) in [4.78, 5) is 0. The third-order valence-corrected chi connectivity index (χ3v) is 4.20. The van der Waals surface area contributed by atoms with Gasteiger partial charge in [0.15, 0.2) is 5.11 Å². The number of fused-ring (bicyclic) bond motifs is 2. The van der Waals surface area contributed by atoms with E-state index in [2.05, 4.69) is 15.8 Å². The summed E-state index contributed by atoms with van der Waals surface area (Å²) < 4.78 is 0. The molecule has 0 aromatic heterocycles. The van der Waals surface area contributed by atoms with E-state index in [-0.39, 0.29) is 0 Å². The second kappa shape index (κ2) is 6.30. The van der Waals surface area contributed by atoms with Gasteiger partial charge in [-0.3, -0.25) is 5.43 Å². The molecule has 0 spiro atoms. The van der Waals surface area contributed by atoms with Gasteiger partial charge in [-0.05, 0) is 23.0 Å². The van der Waals surface area contributed by atoms with Gasteiger partial charge in [-0.25, -0.2) is 0 Å². The summed E-state index contributed by atoms with van der Waals surface area (Å²) in [5.74, 6) is 0. The zero-order valence-corrected chi connectivity index (χ0v) is 13.5. The van der Waals surface area contributed by atoms with Crippen LogP contribution in [-0.4, -0.2) is 18.4 Å². The molecule has 0 saturated carbocycles. The first-order valence-electron chi connectivity index (χ1n) is 6.82. The molecule has 2 N–H and O–H groups in total. The van der Waals surface area contributed by atoms with E-state index >= 15 is 0 Å². The molecule has 0 radical (unpaired) electrons. The zero-order chi connectivity index (χ0) is 15.5. The van der Waals surface area contributed by atoms with Crippen LogP contribution in [0.5, 0.6) is 0 Å². The number of halogens is 1. The van der Waals surface area contributed by atoms with Crippen LogP contribution in [0.2, 0.25) is 5.02 Å². The van der Waals surface area contributed by atoms with Crippen molar-refractivity contribution in [1.82, 2.24) is 10.7 Å². The predicted octanol–water partition coefficient (Wildman–Crippen LogP) is 4.07. The van der Waals surface area contributed by atoms with Gasteiger partial charge in [0.1, 0.15) is 0 Å². The summed E-state index contributed by atoms with van der Waals surface area (Å²) in [6.45, 7) is 0. The van der Waals surface area contributed by atoms with Crippen LogP contribution in [0.25, 0.3) is 21.5 Å². The second-order valence-corrected chi connectivity index (χ2v) is 5.55. The molecule has 0 aliphatic rings. The van der Waals surface area contributed by atoms with E-state index in [1.165, 1.54) is 0 Å². The second-order valence-electron chi connectivity index (χ2n) is 4.77. The van der Waals surface area contributed by atoms with Crippen LogP contribution in [0.15, 0.2) is 53.6 Å². The lowest BCUT2D eigenvalue weighted by molar-refractivity contribution is 0.982. The Morgan fingerprint density at radius 3 is 2.00 bits per heavy atom. The summed E-state index contributed by atoms with van der Waals surface area (Å²) in [6, 6.07) is 16.1. The number of benzene rings is 3. The topological polar surface area (TPSA) is 36.4 Å². The maximum Gasteiger partial charge on any atom is 0.186 e. The number of nitrogens with one attached hydrogen (secondary N) is 2. The van der Waals surface area contributed by atoms with Crippen molar-refractivity contribution in [3.05, 3.63) is 59.1 Å². The van der Waals surface area contributed by atoms with E-state index < -0.39 is 0 Å². The Kier molecular flexibility index (Phi) is 4.22. The summed E-state index contributed by atoms with van der Waals surface area (Å²) in [7, 11) is 1.75. The van der Waals surface area contributed by atoms with Gasteiger partial charge in [-0.15, -0.1) is 0 Å². The Morgan fingerprint density at radius 1 is 1.00 bits per heavy atom. The fourth-order valence-electron chi connectivity index (χ4n) is 2.46. The lowest BCUT2D eigenvalue weighted by atomic mass is 9.97. The minimum Gasteiger partial charge on any atom is -0.364 e. The van der Waals surface area contributed by atoms with Gasteiger partial charge in [-0.2, -0.15) is 5.10 Å². The fraction of sp³-hybridized carbons (Fsp3) is 0.0588. The molecule has 3 nitrogen and oxygen atoms in total. The van der Waals surface area contributed by atoms with Crippen molar-refractivity contribution in [2.75, 3.05) is 7.05 Å². The molecule has 0 atom stereocenters. The van der Waals surface area contributed by atoms with E-state index in [0.29, 0.717) is 5.11 Å². The average Bonchev–Trinajstić information content (AvgIpc) is 2.57. The molecule has 0 fully saturated rings. The molecule has 0 aliphatic carbocycles. The predicted molar refractivity (Wildman–Crippen MR) is 98.9 cm³/mol. The molecule has 0 bridgehead atoms. The molecule has 0 heterocycles. The van der Waals surface area contributed by atoms with Crippen LogP contribution in [-0.2, 0) is 0 Å². The fourth-order valence-corrected chi connectivity index (χ4v) is 2.84. The summed E-state index contributed by atoms with van der Waals surface area (Å²) in [5.41, 5.74) is 3.80. The smallest absolute Gasteiger partial charge is 0.186 e. The molecule has 110 valence electrons. The number of hydrogen-bond acceptors (Lipinski definition) is 2. The van der Waals surface area contributed by atoms with Crippen LogP contribution < -0.4 is 10.7 Å². The molecule has 3 rings (SSSR count). The lowest BCUT2D eigenvalue weighted by Gasteiger charge is -2.10. The standard InChI is InChI=1S/C17H14ClN3S/c1-19-17(22)21-20-10-15-11-6-2-4-8-13(11)16(18)14-9-5-3-7-12(14)15/h2-10H,1H3,(H2,19,21,22)/b20-10+. The first-order valence-corrected chi connectivity index (χ1v) is 7.60. The normalized spacial score (nSPS) is 11.2. The molecule has 0 amide bonds. The van der Waals surface area contributed by atoms with E-state index in [9.17, 15) is 0 Å². The molecule has 3 aromatic rings. The number of hydrazone groups is 1. The Hall–Kier alpha value is -2.17. The van der Waals surface area contributed by atoms with Gasteiger partial charge in [0.2, 0.25) is 0 Å². The molecule has 3 aromatic carbocycles. The SMILES string of the molecule is CNC(=S)N/N=C/c1c2ccccc2c(Cl)c2ccccc12. The summed E-state index contributed by atoms with van der Waals surface area (Å²) in [5, 5.41) is 12.4. The largest absolute Gasteiger partial charge is 0.364 e. The van der Waals surface area contributed by atoms with Crippen LogP contribution in [0.3, 0.4) is 0 Å². The molecular formula is C17H14ClN3S. The highest BCUT2D eigenvalue weighted by molar-refractivity contribution is 7.80. The van der Waals surface area contributed by atoms with Gasteiger partial charge >= 0.3 is 0 Å².